The molecule has 0 aliphatic rings. The van der Waals surface area contributed by atoms with Gasteiger partial charge in [-0.25, -0.2) is 10.1 Å². The van der Waals surface area contributed by atoms with Crippen molar-refractivity contribution in [2.24, 2.45) is 0 Å². The van der Waals surface area contributed by atoms with E-state index in [-0.39, 0.29) is 5.88 Å². The van der Waals surface area contributed by atoms with Crippen molar-refractivity contribution in [1.29, 1.82) is 0 Å². The number of nitro groups is 1. The zero-order valence-corrected chi connectivity index (χ0v) is 12.4. The number of rotatable bonds is 4. The molecule has 3 heterocycles. The topological polar surface area (TPSA) is 102 Å². The van der Waals surface area contributed by atoms with E-state index >= 15 is 0 Å². The van der Waals surface area contributed by atoms with Crippen LogP contribution in [0.25, 0.3) is 22.9 Å². The largest absolute Gasteiger partial charge is 0.433 e. The molecule has 23 heavy (non-hydrogen) atoms. The van der Waals surface area contributed by atoms with E-state index in [1.54, 1.807) is 17.6 Å². The Labute approximate surface area is 133 Å². The van der Waals surface area contributed by atoms with Crippen LogP contribution in [0.1, 0.15) is 5.76 Å². The lowest BCUT2D eigenvalue weighted by molar-refractivity contribution is -0.402. The zero-order chi connectivity index (χ0) is 15.8. The van der Waals surface area contributed by atoms with Crippen molar-refractivity contribution in [3.63, 3.8) is 0 Å². The summed E-state index contributed by atoms with van der Waals surface area (Å²) >= 11 is 1.36. The molecule has 0 bridgehead atoms. The molecule has 8 nitrogen and oxygen atoms in total. The highest BCUT2D eigenvalue weighted by atomic mass is 32.2. The Morgan fingerprint density at radius 3 is 3.00 bits per heavy atom. The lowest BCUT2D eigenvalue weighted by atomic mass is 10.3. The molecule has 0 saturated carbocycles. The summed E-state index contributed by atoms with van der Waals surface area (Å²) in [7, 11) is 0. The third-order valence-corrected chi connectivity index (χ3v) is 3.96. The molecule has 114 valence electrons. The fourth-order valence-electron chi connectivity index (χ4n) is 2.21. The lowest BCUT2D eigenvalue weighted by Gasteiger charge is -1.93. The lowest BCUT2D eigenvalue weighted by Crippen LogP contribution is -1.83. The second-order valence-electron chi connectivity index (χ2n) is 4.62. The van der Waals surface area contributed by atoms with E-state index in [2.05, 4.69) is 15.2 Å². The van der Waals surface area contributed by atoms with Gasteiger partial charge in [0.2, 0.25) is 5.78 Å². The molecule has 0 fully saturated rings. The Kier molecular flexibility index (Phi) is 3.12. The van der Waals surface area contributed by atoms with Crippen molar-refractivity contribution in [2.45, 2.75) is 5.16 Å². The van der Waals surface area contributed by atoms with Crippen LogP contribution in [0.2, 0.25) is 0 Å². The van der Waals surface area contributed by atoms with E-state index in [0.717, 1.165) is 11.0 Å². The van der Waals surface area contributed by atoms with E-state index < -0.39 is 4.92 Å². The number of thioether (sulfide) groups is 1. The number of imidazole rings is 1. The van der Waals surface area contributed by atoms with E-state index in [1.165, 1.54) is 17.8 Å². The third kappa shape index (κ3) is 2.36. The first-order valence-corrected chi connectivity index (χ1v) is 7.49. The maximum absolute atomic E-state index is 10.6. The average molecular weight is 327 g/mol. The Morgan fingerprint density at radius 2 is 2.17 bits per heavy atom. The van der Waals surface area contributed by atoms with Gasteiger partial charge in [-0.05, 0) is 29.7 Å². The van der Waals surface area contributed by atoms with Gasteiger partial charge in [0, 0.05) is 0 Å². The van der Waals surface area contributed by atoms with Crippen LogP contribution in [0.4, 0.5) is 5.88 Å². The standard InChI is InChI=1S/C14H9N5O3S/c20-19(21)12-6-5-9(22-12)7-8-23-14-17-16-13-15-10-3-1-2-4-11(10)18(13)14/h1-8H,(H,15,16)/b8-7+. The van der Waals surface area contributed by atoms with Crippen molar-refractivity contribution in [3.05, 3.63) is 57.7 Å². The van der Waals surface area contributed by atoms with Crippen LogP contribution in [-0.4, -0.2) is 24.5 Å². The van der Waals surface area contributed by atoms with Crippen LogP contribution < -0.4 is 0 Å². The summed E-state index contributed by atoms with van der Waals surface area (Å²) in [4.78, 5) is 14.4. The van der Waals surface area contributed by atoms with Gasteiger partial charge in [0.25, 0.3) is 0 Å². The van der Waals surface area contributed by atoms with E-state index in [1.807, 2.05) is 28.7 Å². The smallest absolute Gasteiger partial charge is 0.401 e. The molecule has 0 unspecified atom stereocenters. The van der Waals surface area contributed by atoms with Gasteiger partial charge in [-0.3, -0.25) is 14.5 Å². The fourth-order valence-corrected chi connectivity index (χ4v) is 2.93. The first-order chi connectivity index (χ1) is 11.2. The highest BCUT2D eigenvalue weighted by Crippen LogP contribution is 2.25. The predicted molar refractivity (Wildman–Crippen MR) is 85.1 cm³/mol. The molecule has 3 aromatic heterocycles. The van der Waals surface area contributed by atoms with Crippen molar-refractivity contribution in [3.8, 4) is 0 Å². The number of nitrogens with one attached hydrogen (secondary N) is 1. The van der Waals surface area contributed by atoms with Gasteiger partial charge >= 0.3 is 5.88 Å². The maximum atomic E-state index is 10.6. The van der Waals surface area contributed by atoms with Gasteiger partial charge in [0.1, 0.15) is 10.7 Å². The van der Waals surface area contributed by atoms with E-state index in [4.69, 9.17) is 4.42 Å². The number of nitrogens with zero attached hydrogens (tertiary/aromatic N) is 4. The SMILES string of the molecule is O=[N+]([O-])c1ccc(/C=C/Sc2n[nH]c3nc4ccccc4n23)o1. The van der Waals surface area contributed by atoms with Gasteiger partial charge in [0.05, 0.1) is 17.1 Å². The summed E-state index contributed by atoms with van der Waals surface area (Å²) in [6, 6.07) is 10.6. The third-order valence-electron chi connectivity index (χ3n) is 3.20. The summed E-state index contributed by atoms with van der Waals surface area (Å²) in [6.45, 7) is 0. The summed E-state index contributed by atoms with van der Waals surface area (Å²) in [5.41, 5.74) is 1.84. The molecule has 0 amide bonds. The molecule has 0 saturated heterocycles. The molecule has 0 spiro atoms. The summed E-state index contributed by atoms with van der Waals surface area (Å²) in [6.07, 6.45) is 1.65. The Morgan fingerprint density at radius 1 is 1.30 bits per heavy atom. The van der Waals surface area contributed by atoms with Crippen LogP contribution in [0.15, 0.2) is 51.4 Å². The quantitative estimate of drug-likeness (QED) is 0.350. The Balaban J connectivity index is 1.62. The molecule has 1 N–H and O–H groups in total. The monoisotopic (exact) mass is 327 g/mol. The van der Waals surface area contributed by atoms with Gasteiger partial charge in [0.15, 0.2) is 5.16 Å². The number of para-hydroxylation sites is 2. The summed E-state index contributed by atoms with van der Waals surface area (Å²) in [5, 5.41) is 20.1. The average Bonchev–Trinajstić information content (AvgIpc) is 3.23. The van der Waals surface area contributed by atoms with Crippen molar-refractivity contribution >= 4 is 40.5 Å². The fraction of sp³-hybridized carbons (Fsp3) is 0. The first kappa shape index (κ1) is 13.6. The van der Waals surface area contributed by atoms with E-state index in [0.29, 0.717) is 16.7 Å². The molecule has 4 aromatic rings. The maximum Gasteiger partial charge on any atom is 0.433 e. The minimum absolute atomic E-state index is 0.280. The Hall–Kier alpha value is -3.07. The second kappa shape index (κ2) is 5.29. The molecule has 0 aliphatic carbocycles. The van der Waals surface area contributed by atoms with Crippen molar-refractivity contribution in [1.82, 2.24) is 19.6 Å². The minimum Gasteiger partial charge on any atom is -0.401 e. The van der Waals surface area contributed by atoms with Gasteiger partial charge in [-0.1, -0.05) is 23.9 Å². The molecular weight excluding hydrogens is 318 g/mol. The molecular formula is C14H9N5O3S. The number of aromatic nitrogens is 4. The summed E-state index contributed by atoms with van der Waals surface area (Å²) in [5.74, 6) is 0.791. The van der Waals surface area contributed by atoms with E-state index in [9.17, 15) is 10.1 Å². The molecule has 0 radical (unpaired) electrons. The van der Waals surface area contributed by atoms with Crippen molar-refractivity contribution < 1.29 is 9.34 Å². The van der Waals surface area contributed by atoms with Crippen LogP contribution in [0.5, 0.6) is 0 Å². The molecule has 0 aliphatic heterocycles. The molecule has 4 rings (SSSR count). The molecule has 1 aromatic carbocycles. The van der Waals surface area contributed by atoms with Gasteiger partial charge in [-0.2, -0.15) is 0 Å². The Bertz CT molecular complexity index is 1050. The predicted octanol–water partition coefficient (Wildman–Crippen LogP) is 3.47. The molecule has 9 heteroatoms. The number of hydrogen-bond acceptors (Lipinski definition) is 6. The van der Waals surface area contributed by atoms with Gasteiger partial charge < -0.3 is 4.42 Å². The number of hydrogen-bond donors (Lipinski definition) is 1. The van der Waals surface area contributed by atoms with Crippen LogP contribution in [-0.2, 0) is 0 Å². The number of furan rings is 1. The first-order valence-electron chi connectivity index (χ1n) is 6.61. The highest BCUT2D eigenvalue weighted by Gasteiger charge is 2.12. The summed E-state index contributed by atoms with van der Waals surface area (Å²) < 4.78 is 6.97. The zero-order valence-electron chi connectivity index (χ0n) is 11.5. The van der Waals surface area contributed by atoms with Crippen molar-refractivity contribution in [2.75, 3.05) is 0 Å². The molecule has 0 atom stereocenters. The number of benzene rings is 1. The highest BCUT2D eigenvalue weighted by molar-refractivity contribution is 8.02. The number of aromatic amines is 1. The minimum atomic E-state index is -0.570. The normalized spacial score (nSPS) is 11.8. The second-order valence-corrected chi connectivity index (χ2v) is 5.49. The number of H-pyrrole nitrogens is 1. The number of fused-ring (bicyclic) bond motifs is 3. The van der Waals surface area contributed by atoms with Gasteiger partial charge in [-0.15, -0.1) is 5.10 Å². The van der Waals surface area contributed by atoms with Crippen LogP contribution in [0.3, 0.4) is 0 Å². The van der Waals surface area contributed by atoms with Crippen LogP contribution >= 0.6 is 11.8 Å². The van der Waals surface area contributed by atoms with Crippen LogP contribution in [0, 0.1) is 10.1 Å².